The SMILES string of the molecule is BrC(Cc1ccccn1)c1ccc2c(c1)CCC2. The van der Waals surface area contributed by atoms with E-state index in [0.29, 0.717) is 4.83 Å². The van der Waals surface area contributed by atoms with Gasteiger partial charge in [-0.15, -0.1) is 0 Å². The molecule has 0 N–H and O–H groups in total. The van der Waals surface area contributed by atoms with Gasteiger partial charge in [0.25, 0.3) is 0 Å². The maximum Gasteiger partial charge on any atom is 0.0450 e. The van der Waals surface area contributed by atoms with Crippen molar-refractivity contribution in [1.29, 1.82) is 0 Å². The number of halogens is 1. The number of alkyl halides is 1. The summed E-state index contributed by atoms with van der Waals surface area (Å²) < 4.78 is 0. The smallest absolute Gasteiger partial charge is 0.0450 e. The highest BCUT2D eigenvalue weighted by atomic mass is 79.9. The molecule has 1 aromatic heterocycles. The normalized spacial score (nSPS) is 15.4. The summed E-state index contributed by atoms with van der Waals surface area (Å²) in [5, 5.41) is 0. The van der Waals surface area contributed by atoms with Gasteiger partial charge in [0, 0.05) is 23.1 Å². The lowest BCUT2D eigenvalue weighted by molar-refractivity contribution is 0.898. The van der Waals surface area contributed by atoms with Gasteiger partial charge in [0.05, 0.1) is 0 Å². The minimum Gasteiger partial charge on any atom is -0.261 e. The molecule has 92 valence electrons. The number of hydrogen-bond acceptors (Lipinski definition) is 1. The molecule has 1 nitrogen and oxygen atoms in total. The second-order valence-electron chi connectivity index (χ2n) is 4.87. The second kappa shape index (κ2) is 5.23. The van der Waals surface area contributed by atoms with Gasteiger partial charge in [-0.3, -0.25) is 4.98 Å². The first-order valence-corrected chi connectivity index (χ1v) is 7.40. The Morgan fingerprint density at radius 2 is 2.00 bits per heavy atom. The fourth-order valence-corrected chi connectivity index (χ4v) is 3.22. The van der Waals surface area contributed by atoms with Crippen LogP contribution in [0.3, 0.4) is 0 Å². The first kappa shape index (κ1) is 11.9. The molecule has 0 fully saturated rings. The van der Waals surface area contributed by atoms with Crippen molar-refractivity contribution in [2.24, 2.45) is 0 Å². The standard InChI is InChI=1S/C16H16BrN/c17-16(11-15-6-1-2-9-18-15)14-8-7-12-4-3-5-13(12)10-14/h1-2,6-10,16H,3-5,11H2. The number of pyridine rings is 1. The van der Waals surface area contributed by atoms with Crippen LogP contribution in [-0.2, 0) is 19.3 Å². The lowest BCUT2D eigenvalue weighted by Gasteiger charge is -2.11. The Morgan fingerprint density at radius 3 is 2.83 bits per heavy atom. The third kappa shape index (κ3) is 2.49. The van der Waals surface area contributed by atoms with Crippen LogP contribution in [-0.4, -0.2) is 4.98 Å². The Labute approximate surface area is 116 Å². The van der Waals surface area contributed by atoms with Gasteiger partial charge in [-0.2, -0.15) is 0 Å². The quantitative estimate of drug-likeness (QED) is 0.772. The third-order valence-corrected chi connectivity index (χ3v) is 4.45. The van der Waals surface area contributed by atoms with Gasteiger partial charge in [-0.25, -0.2) is 0 Å². The predicted molar refractivity (Wildman–Crippen MR) is 78.1 cm³/mol. The first-order valence-electron chi connectivity index (χ1n) is 6.48. The van der Waals surface area contributed by atoms with Crippen molar-refractivity contribution in [1.82, 2.24) is 4.98 Å². The van der Waals surface area contributed by atoms with Crippen LogP contribution >= 0.6 is 15.9 Å². The molecule has 0 bridgehead atoms. The molecule has 0 saturated heterocycles. The molecule has 1 aromatic carbocycles. The second-order valence-corrected chi connectivity index (χ2v) is 5.98. The summed E-state index contributed by atoms with van der Waals surface area (Å²) in [5.74, 6) is 0. The lowest BCUT2D eigenvalue weighted by atomic mass is 10.0. The van der Waals surface area contributed by atoms with Crippen LogP contribution < -0.4 is 0 Å². The summed E-state index contributed by atoms with van der Waals surface area (Å²) in [6, 6.07) is 13.0. The van der Waals surface area contributed by atoms with E-state index in [0.717, 1.165) is 12.1 Å². The summed E-state index contributed by atoms with van der Waals surface area (Å²) in [7, 11) is 0. The molecule has 1 unspecified atom stereocenters. The minimum absolute atomic E-state index is 0.360. The number of aromatic nitrogens is 1. The number of nitrogens with zero attached hydrogens (tertiary/aromatic N) is 1. The zero-order valence-electron chi connectivity index (χ0n) is 10.3. The highest BCUT2D eigenvalue weighted by Gasteiger charge is 2.14. The molecule has 18 heavy (non-hydrogen) atoms. The Kier molecular flexibility index (Phi) is 3.46. The zero-order chi connectivity index (χ0) is 12.4. The molecule has 0 spiro atoms. The number of benzene rings is 1. The van der Waals surface area contributed by atoms with Gasteiger partial charge >= 0.3 is 0 Å². The van der Waals surface area contributed by atoms with E-state index in [1.54, 1.807) is 0 Å². The summed E-state index contributed by atoms with van der Waals surface area (Å²) in [5.41, 5.74) is 5.59. The maximum absolute atomic E-state index is 4.39. The van der Waals surface area contributed by atoms with Gasteiger partial charge in [0.15, 0.2) is 0 Å². The molecule has 1 atom stereocenters. The molecule has 2 heteroatoms. The van der Waals surface area contributed by atoms with E-state index in [4.69, 9.17) is 0 Å². The number of hydrogen-bond donors (Lipinski definition) is 0. The zero-order valence-corrected chi connectivity index (χ0v) is 11.9. The monoisotopic (exact) mass is 301 g/mol. The number of fused-ring (bicyclic) bond motifs is 1. The summed E-state index contributed by atoms with van der Waals surface area (Å²) in [4.78, 5) is 4.75. The summed E-state index contributed by atoms with van der Waals surface area (Å²) in [6.45, 7) is 0. The van der Waals surface area contributed by atoms with Gasteiger partial charge in [-0.1, -0.05) is 40.2 Å². The molecule has 1 heterocycles. The van der Waals surface area contributed by atoms with Crippen molar-refractivity contribution in [3.05, 3.63) is 65.0 Å². The molecule has 0 aliphatic heterocycles. The highest BCUT2D eigenvalue weighted by molar-refractivity contribution is 9.09. The Balaban J connectivity index is 1.78. The maximum atomic E-state index is 4.39. The van der Waals surface area contributed by atoms with E-state index < -0.39 is 0 Å². The topological polar surface area (TPSA) is 12.9 Å². The summed E-state index contributed by atoms with van der Waals surface area (Å²) >= 11 is 3.79. The van der Waals surface area contributed by atoms with Crippen LogP contribution in [0.2, 0.25) is 0 Å². The van der Waals surface area contributed by atoms with Crippen LogP contribution in [0.25, 0.3) is 0 Å². The molecule has 3 rings (SSSR count). The van der Waals surface area contributed by atoms with Gasteiger partial charge in [0.2, 0.25) is 0 Å². The molecule has 2 aromatic rings. The van der Waals surface area contributed by atoms with Gasteiger partial charge in [0.1, 0.15) is 0 Å². The average molecular weight is 302 g/mol. The van der Waals surface area contributed by atoms with E-state index in [2.05, 4.69) is 45.2 Å². The van der Waals surface area contributed by atoms with E-state index in [1.165, 1.54) is 36.0 Å². The van der Waals surface area contributed by atoms with Crippen molar-refractivity contribution in [3.63, 3.8) is 0 Å². The van der Waals surface area contributed by atoms with Gasteiger partial charge in [-0.05, 0) is 48.1 Å². The van der Waals surface area contributed by atoms with Crippen LogP contribution in [0.15, 0.2) is 42.6 Å². The third-order valence-electron chi connectivity index (χ3n) is 3.60. The molecular weight excluding hydrogens is 286 g/mol. The van der Waals surface area contributed by atoms with Crippen LogP contribution in [0.4, 0.5) is 0 Å². The minimum atomic E-state index is 0.360. The average Bonchev–Trinajstić information content (AvgIpc) is 2.87. The Hall–Kier alpha value is -1.15. The fraction of sp³-hybridized carbons (Fsp3) is 0.312. The van der Waals surface area contributed by atoms with E-state index in [-0.39, 0.29) is 0 Å². The predicted octanol–water partition coefficient (Wildman–Crippen LogP) is 4.25. The van der Waals surface area contributed by atoms with E-state index in [1.807, 2.05) is 18.3 Å². The number of rotatable bonds is 3. The van der Waals surface area contributed by atoms with Crippen molar-refractivity contribution in [3.8, 4) is 0 Å². The van der Waals surface area contributed by atoms with Crippen LogP contribution in [0.1, 0.15) is 33.6 Å². The molecular formula is C16H16BrN. The fourth-order valence-electron chi connectivity index (χ4n) is 2.61. The largest absolute Gasteiger partial charge is 0.261 e. The molecule has 0 amide bonds. The lowest BCUT2D eigenvalue weighted by Crippen LogP contribution is -1.98. The van der Waals surface area contributed by atoms with E-state index >= 15 is 0 Å². The Morgan fingerprint density at radius 1 is 1.11 bits per heavy atom. The Bertz CT molecular complexity index is 536. The van der Waals surface area contributed by atoms with Crippen molar-refractivity contribution in [2.45, 2.75) is 30.5 Å². The highest BCUT2D eigenvalue weighted by Crippen LogP contribution is 2.30. The van der Waals surface area contributed by atoms with Crippen molar-refractivity contribution in [2.75, 3.05) is 0 Å². The summed E-state index contributed by atoms with van der Waals surface area (Å²) in [6.07, 6.45) is 6.61. The molecule has 1 aliphatic rings. The van der Waals surface area contributed by atoms with Crippen LogP contribution in [0, 0.1) is 0 Å². The van der Waals surface area contributed by atoms with Gasteiger partial charge < -0.3 is 0 Å². The molecule has 1 aliphatic carbocycles. The van der Waals surface area contributed by atoms with Crippen LogP contribution in [0.5, 0.6) is 0 Å². The first-order chi connectivity index (χ1) is 8.83. The van der Waals surface area contributed by atoms with E-state index in [9.17, 15) is 0 Å². The number of aryl methyl sites for hydroxylation is 2. The van der Waals surface area contributed by atoms with Crippen molar-refractivity contribution >= 4 is 15.9 Å². The molecule has 0 saturated carbocycles. The van der Waals surface area contributed by atoms with Crippen molar-refractivity contribution < 1.29 is 0 Å². The molecule has 0 radical (unpaired) electrons.